The fourth-order valence-electron chi connectivity index (χ4n) is 2.36. The van der Waals surface area contributed by atoms with Gasteiger partial charge in [-0.2, -0.15) is 0 Å². The maximum atomic E-state index is 12.7. The summed E-state index contributed by atoms with van der Waals surface area (Å²) in [5.41, 5.74) is -0.979. The van der Waals surface area contributed by atoms with E-state index in [1.54, 1.807) is 39.0 Å². The summed E-state index contributed by atoms with van der Waals surface area (Å²) in [4.78, 5) is 40.7. The molecule has 0 saturated heterocycles. The number of benzene rings is 1. The molecule has 0 fully saturated rings. The lowest BCUT2D eigenvalue weighted by molar-refractivity contribution is -0.137. The number of carboxylic acid groups (broad SMARTS) is 1. The molecule has 1 heterocycles. The van der Waals surface area contributed by atoms with Crippen molar-refractivity contribution in [3.05, 3.63) is 59.9 Å². The molecule has 2 aromatic rings. The molecule has 10 nitrogen and oxygen atoms in total. The third-order valence-electron chi connectivity index (χ3n) is 3.68. The van der Waals surface area contributed by atoms with Crippen LogP contribution in [0.15, 0.2) is 53.4 Å². The molecule has 0 atom stereocenters. The molecule has 0 aliphatic rings. The van der Waals surface area contributed by atoms with E-state index < -0.39 is 40.1 Å². The summed E-state index contributed by atoms with van der Waals surface area (Å²) in [6.45, 7) is 3.59. The van der Waals surface area contributed by atoms with E-state index in [4.69, 9.17) is 9.84 Å². The molecule has 0 spiro atoms. The second kappa shape index (κ2) is 9.67. The molecule has 0 unspecified atom stereocenters. The number of carbonyl (C=O) groups is 3. The summed E-state index contributed by atoms with van der Waals surface area (Å²) in [5.74, 6) is -2.39. The van der Waals surface area contributed by atoms with Gasteiger partial charge in [0, 0.05) is 0 Å². The van der Waals surface area contributed by atoms with Gasteiger partial charge in [-0.3, -0.25) is 9.59 Å². The quantitative estimate of drug-likeness (QED) is 0.653. The van der Waals surface area contributed by atoms with Gasteiger partial charge in [-0.1, -0.05) is 24.3 Å². The number of imide groups is 1. The SMILES string of the molecule is CC(C)(C)OC(=O)N(CC(=O)O)C(=O)c1cccc(CNS(=O)(=O)c2ccccc2)n1. The van der Waals surface area contributed by atoms with Gasteiger partial charge in [0.05, 0.1) is 17.1 Å². The number of nitrogens with one attached hydrogen (secondary N) is 1. The van der Waals surface area contributed by atoms with E-state index in [-0.39, 0.29) is 22.8 Å². The molecule has 0 saturated carbocycles. The number of aromatic nitrogens is 1. The lowest BCUT2D eigenvalue weighted by atomic mass is 10.2. The Morgan fingerprint density at radius 2 is 1.71 bits per heavy atom. The van der Waals surface area contributed by atoms with Crippen LogP contribution in [-0.2, 0) is 26.1 Å². The minimum absolute atomic E-state index is 0.0693. The normalized spacial score (nSPS) is 11.6. The first kappa shape index (κ1) is 24.0. The number of rotatable bonds is 7. The van der Waals surface area contributed by atoms with E-state index in [0.717, 1.165) is 0 Å². The Hall–Kier alpha value is -3.31. The van der Waals surface area contributed by atoms with Crippen LogP contribution in [0.4, 0.5) is 4.79 Å². The third kappa shape index (κ3) is 7.15. The van der Waals surface area contributed by atoms with Crippen LogP contribution in [0.25, 0.3) is 0 Å². The smallest absolute Gasteiger partial charge is 0.417 e. The summed E-state index contributed by atoms with van der Waals surface area (Å²) >= 11 is 0. The van der Waals surface area contributed by atoms with Crippen molar-refractivity contribution in [2.24, 2.45) is 0 Å². The summed E-state index contributed by atoms with van der Waals surface area (Å²) in [7, 11) is -3.79. The topological polar surface area (TPSA) is 143 Å². The van der Waals surface area contributed by atoms with Gasteiger partial charge < -0.3 is 9.84 Å². The maximum Gasteiger partial charge on any atom is 0.417 e. The predicted octanol–water partition coefficient (Wildman–Crippen LogP) is 2.02. The zero-order valence-corrected chi connectivity index (χ0v) is 18.0. The number of hydrogen-bond acceptors (Lipinski definition) is 7. The van der Waals surface area contributed by atoms with Crippen LogP contribution >= 0.6 is 0 Å². The number of carbonyl (C=O) groups excluding carboxylic acids is 2. The minimum atomic E-state index is -3.79. The van der Waals surface area contributed by atoms with E-state index >= 15 is 0 Å². The van der Waals surface area contributed by atoms with Gasteiger partial charge in [-0.05, 0) is 45.0 Å². The van der Waals surface area contributed by atoms with Crippen LogP contribution in [0.3, 0.4) is 0 Å². The van der Waals surface area contributed by atoms with Crippen LogP contribution < -0.4 is 4.72 Å². The number of amides is 2. The van der Waals surface area contributed by atoms with Gasteiger partial charge in [0.15, 0.2) is 0 Å². The van der Waals surface area contributed by atoms with Crippen molar-refractivity contribution in [3.63, 3.8) is 0 Å². The second-order valence-corrected chi connectivity index (χ2v) is 9.18. The van der Waals surface area contributed by atoms with Crippen LogP contribution in [0.2, 0.25) is 0 Å². The highest BCUT2D eigenvalue weighted by atomic mass is 32.2. The van der Waals surface area contributed by atoms with Crippen LogP contribution in [0.5, 0.6) is 0 Å². The molecule has 2 amide bonds. The van der Waals surface area contributed by atoms with E-state index in [1.165, 1.54) is 30.3 Å². The van der Waals surface area contributed by atoms with Gasteiger partial charge in [0.25, 0.3) is 5.91 Å². The Kier molecular flexibility index (Phi) is 7.47. The van der Waals surface area contributed by atoms with Crippen molar-refractivity contribution in [3.8, 4) is 0 Å². The van der Waals surface area contributed by atoms with Gasteiger partial charge in [0.2, 0.25) is 10.0 Å². The maximum absolute atomic E-state index is 12.7. The van der Waals surface area contributed by atoms with E-state index in [0.29, 0.717) is 4.90 Å². The zero-order chi connectivity index (χ0) is 23.2. The monoisotopic (exact) mass is 449 g/mol. The average molecular weight is 449 g/mol. The van der Waals surface area contributed by atoms with Crippen LogP contribution in [0, 0.1) is 0 Å². The zero-order valence-electron chi connectivity index (χ0n) is 17.2. The van der Waals surface area contributed by atoms with Crippen molar-refractivity contribution in [1.29, 1.82) is 0 Å². The lowest BCUT2D eigenvalue weighted by Crippen LogP contribution is -2.44. The molecule has 1 aromatic carbocycles. The lowest BCUT2D eigenvalue weighted by Gasteiger charge is -2.25. The summed E-state index contributed by atoms with van der Waals surface area (Å²) in [6.07, 6.45) is -1.13. The first-order valence-corrected chi connectivity index (χ1v) is 10.6. The summed E-state index contributed by atoms with van der Waals surface area (Å²) in [6, 6.07) is 11.9. The highest BCUT2D eigenvalue weighted by Crippen LogP contribution is 2.13. The van der Waals surface area contributed by atoms with Crippen molar-refractivity contribution in [2.45, 2.75) is 37.8 Å². The highest BCUT2D eigenvalue weighted by Gasteiger charge is 2.30. The average Bonchev–Trinajstić information content (AvgIpc) is 2.69. The van der Waals surface area contributed by atoms with Crippen molar-refractivity contribution in [2.75, 3.05) is 6.54 Å². The van der Waals surface area contributed by atoms with Crippen LogP contribution in [-0.4, -0.2) is 53.5 Å². The van der Waals surface area contributed by atoms with Gasteiger partial charge in [-0.15, -0.1) is 0 Å². The molecular weight excluding hydrogens is 426 g/mol. The Bertz CT molecular complexity index is 1060. The highest BCUT2D eigenvalue weighted by molar-refractivity contribution is 7.89. The van der Waals surface area contributed by atoms with E-state index in [1.807, 2.05) is 0 Å². The van der Waals surface area contributed by atoms with Crippen molar-refractivity contribution < 1.29 is 32.6 Å². The number of hydrogen-bond donors (Lipinski definition) is 2. The third-order valence-corrected chi connectivity index (χ3v) is 5.09. The van der Waals surface area contributed by atoms with Crippen LogP contribution in [0.1, 0.15) is 37.0 Å². The molecule has 31 heavy (non-hydrogen) atoms. The first-order chi connectivity index (χ1) is 14.4. The van der Waals surface area contributed by atoms with E-state index in [9.17, 15) is 22.8 Å². The Morgan fingerprint density at radius 1 is 1.06 bits per heavy atom. The molecule has 2 N–H and O–H groups in total. The van der Waals surface area contributed by atoms with Gasteiger partial charge in [-0.25, -0.2) is 27.8 Å². The van der Waals surface area contributed by atoms with Crippen molar-refractivity contribution in [1.82, 2.24) is 14.6 Å². The number of carboxylic acids is 1. The molecular formula is C20H23N3O7S. The largest absolute Gasteiger partial charge is 0.480 e. The Morgan fingerprint density at radius 3 is 2.29 bits per heavy atom. The van der Waals surface area contributed by atoms with E-state index in [2.05, 4.69) is 9.71 Å². The molecule has 0 aliphatic heterocycles. The molecule has 0 bridgehead atoms. The predicted molar refractivity (Wildman–Crippen MR) is 110 cm³/mol. The van der Waals surface area contributed by atoms with Gasteiger partial charge in [0.1, 0.15) is 17.8 Å². The second-order valence-electron chi connectivity index (χ2n) is 7.42. The number of aliphatic carboxylic acids is 1. The number of pyridine rings is 1. The summed E-state index contributed by atoms with van der Waals surface area (Å²) < 4.78 is 32.1. The Labute approximate surface area is 179 Å². The number of nitrogens with zero attached hydrogens (tertiary/aromatic N) is 2. The first-order valence-electron chi connectivity index (χ1n) is 9.16. The van der Waals surface area contributed by atoms with Crippen molar-refractivity contribution >= 4 is 28.0 Å². The minimum Gasteiger partial charge on any atom is -0.480 e. The molecule has 0 radical (unpaired) electrons. The molecule has 1 aromatic heterocycles. The standard InChI is InChI=1S/C20H23N3O7S/c1-20(2,3)30-19(27)23(13-17(24)25)18(26)16-11-7-8-14(22-16)12-21-31(28,29)15-9-5-4-6-10-15/h4-11,21H,12-13H2,1-3H3,(H,24,25). The Balaban J connectivity index is 2.20. The van der Waals surface area contributed by atoms with Gasteiger partial charge >= 0.3 is 12.1 Å². The molecule has 11 heteroatoms. The number of ether oxygens (including phenoxy) is 1. The fourth-order valence-corrected chi connectivity index (χ4v) is 3.38. The summed E-state index contributed by atoms with van der Waals surface area (Å²) in [5, 5.41) is 9.06. The molecule has 2 rings (SSSR count). The fraction of sp³-hybridized carbons (Fsp3) is 0.300. The molecule has 0 aliphatic carbocycles. The number of sulfonamides is 1. The molecule has 166 valence electrons.